The molecule has 2 fully saturated rings. The van der Waals surface area contributed by atoms with Crippen LogP contribution in [0.4, 0.5) is 0 Å². The minimum absolute atomic E-state index is 0.380. The lowest BCUT2D eigenvalue weighted by atomic mass is 9.75. The number of rotatable bonds is 6. The molecule has 1 heterocycles. The molecule has 0 spiro atoms. The number of hydrogen-bond acceptors (Lipinski definition) is 3. The molecule has 1 aliphatic heterocycles. The quantitative estimate of drug-likeness (QED) is 0.593. The fourth-order valence-corrected chi connectivity index (χ4v) is 3.44. The van der Waals surface area contributed by atoms with E-state index < -0.39 is 0 Å². The topological polar surface area (TPSA) is 24.5 Å². The van der Waals surface area contributed by atoms with Gasteiger partial charge in [0.15, 0.2) is 0 Å². The average molecular weight is 275 g/mol. The summed E-state index contributed by atoms with van der Waals surface area (Å²) in [4.78, 5) is 2.48. The Kier molecular flexibility index (Phi) is 6.22. The molecule has 0 aromatic heterocycles. The van der Waals surface area contributed by atoms with Gasteiger partial charge < -0.3 is 10.1 Å². The maximum absolute atomic E-state index is 6.20. The van der Waals surface area contributed by atoms with Crippen molar-refractivity contribution >= 4 is 11.6 Å². The second-order valence-corrected chi connectivity index (χ2v) is 6.09. The zero-order valence-electron chi connectivity index (χ0n) is 11.4. The average Bonchev–Trinajstić information content (AvgIpc) is 2.46. The second-order valence-electron chi connectivity index (χ2n) is 5.83. The van der Waals surface area contributed by atoms with Gasteiger partial charge in [0.1, 0.15) is 0 Å². The Morgan fingerprint density at radius 3 is 2.50 bits per heavy atom. The monoisotopic (exact) mass is 274 g/mol. The standard InChI is InChI=1S/C14H27ClN2O/c15-12-14(4-2-1-3-5-14)13-16-6-7-17-8-10-18-11-9-17/h16H,1-13H2. The van der Waals surface area contributed by atoms with E-state index in [1.165, 1.54) is 32.1 Å². The van der Waals surface area contributed by atoms with E-state index in [4.69, 9.17) is 16.3 Å². The molecule has 0 atom stereocenters. The van der Waals surface area contributed by atoms with Crippen molar-refractivity contribution in [3.8, 4) is 0 Å². The van der Waals surface area contributed by atoms with Gasteiger partial charge in [-0.25, -0.2) is 0 Å². The summed E-state index contributed by atoms with van der Waals surface area (Å²) >= 11 is 6.20. The minimum atomic E-state index is 0.380. The summed E-state index contributed by atoms with van der Waals surface area (Å²) < 4.78 is 5.36. The van der Waals surface area contributed by atoms with Crippen molar-refractivity contribution in [2.24, 2.45) is 5.41 Å². The van der Waals surface area contributed by atoms with Crippen molar-refractivity contribution in [3.63, 3.8) is 0 Å². The smallest absolute Gasteiger partial charge is 0.0594 e. The molecule has 2 rings (SSSR count). The number of ether oxygens (including phenoxy) is 1. The van der Waals surface area contributed by atoms with E-state index in [1.54, 1.807) is 0 Å². The Hall–Kier alpha value is 0.170. The predicted molar refractivity (Wildman–Crippen MR) is 76.4 cm³/mol. The second kappa shape index (κ2) is 7.68. The maximum Gasteiger partial charge on any atom is 0.0594 e. The van der Waals surface area contributed by atoms with E-state index in [0.717, 1.165) is 51.8 Å². The first-order chi connectivity index (χ1) is 8.85. The molecule has 1 aliphatic carbocycles. The van der Waals surface area contributed by atoms with Gasteiger partial charge in [-0.1, -0.05) is 19.3 Å². The van der Waals surface area contributed by atoms with Crippen molar-refractivity contribution in [1.29, 1.82) is 0 Å². The van der Waals surface area contributed by atoms with Crippen LogP contribution in [0.3, 0.4) is 0 Å². The summed E-state index contributed by atoms with van der Waals surface area (Å²) in [7, 11) is 0. The summed E-state index contributed by atoms with van der Waals surface area (Å²) in [5, 5.41) is 3.63. The first kappa shape index (κ1) is 14.6. The number of halogens is 1. The van der Waals surface area contributed by atoms with Crippen LogP contribution in [0.1, 0.15) is 32.1 Å². The summed E-state index contributed by atoms with van der Waals surface area (Å²) in [5.41, 5.74) is 0.380. The van der Waals surface area contributed by atoms with Crippen molar-refractivity contribution in [3.05, 3.63) is 0 Å². The zero-order valence-corrected chi connectivity index (χ0v) is 12.2. The fraction of sp³-hybridized carbons (Fsp3) is 1.00. The van der Waals surface area contributed by atoms with Gasteiger partial charge in [0.2, 0.25) is 0 Å². The summed E-state index contributed by atoms with van der Waals surface area (Å²) in [6.07, 6.45) is 6.73. The van der Waals surface area contributed by atoms with Gasteiger partial charge in [0.25, 0.3) is 0 Å². The molecule has 3 nitrogen and oxygen atoms in total. The predicted octanol–water partition coefficient (Wildman–Crippen LogP) is 2.10. The first-order valence-corrected chi connectivity index (χ1v) is 7.95. The fourth-order valence-electron chi connectivity index (χ4n) is 3.07. The molecule has 18 heavy (non-hydrogen) atoms. The van der Waals surface area contributed by atoms with Gasteiger partial charge in [-0.3, -0.25) is 4.90 Å². The van der Waals surface area contributed by atoms with E-state index in [1.807, 2.05) is 0 Å². The van der Waals surface area contributed by atoms with E-state index in [0.29, 0.717) is 5.41 Å². The highest BCUT2D eigenvalue weighted by atomic mass is 35.5. The number of nitrogens with one attached hydrogen (secondary N) is 1. The molecule has 0 bridgehead atoms. The number of nitrogens with zero attached hydrogens (tertiary/aromatic N) is 1. The maximum atomic E-state index is 6.20. The van der Waals surface area contributed by atoms with Crippen LogP contribution in [0.2, 0.25) is 0 Å². The molecule has 1 N–H and O–H groups in total. The Morgan fingerprint density at radius 2 is 1.83 bits per heavy atom. The van der Waals surface area contributed by atoms with Crippen molar-refractivity contribution in [2.45, 2.75) is 32.1 Å². The number of hydrogen-bond donors (Lipinski definition) is 1. The molecule has 0 unspecified atom stereocenters. The van der Waals surface area contributed by atoms with E-state index in [9.17, 15) is 0 Å². The Balaban J connectivity index is 1.61. The molecule has 1 saturated carbocycles. The van der Waals surface area contributed by atoms with Crippen LogP contribution in [-0.4, -0.2) is 56.7 Å². The van der Waals surface area contributed by atoms with Gasteiger partial charge >= 0.3 is 0 Å². The Labute approximate surface area is 116 Å². The van der Waals surface area contributed by atoms with Crippen LogP contribution in [-0.2, 0) is 4.74 Å². The Morgan fingerprint density at radius 1 is 1.11 bits per heavy atom. The molecule has 0 amide bonds. The lowest BCUT2D eigenvalue weighted by Gasteiger charge is -2.36. The summed E-state index contributed by atoms with van der Waals surface area (Å²) in [5.74, 6) is 0.817. The molecular formula is C14H27ClN2O. The molecule has 0 radical (unpaired) electrons. The van der Waals surface area contributed by atoms with Gasteiger partial charge in [-0.2, -0.15) is 0 Å². The molecule has 0 aromatic rings. The highest BCUT2D eigenvalue weighted by Gasteiger charge is 2.30. The third-order valence-corrected chi connectivity index (χ3v) is 4.97. The van der Waals surface area contributed by atoms with E-state index >= 15 is 0 Å². The van der Waals surface area contributed by atoms with Gasteiger partial charge in [-0.15, -0.1) is 11.6 Å². The molecule has 2 aliphatic rings. The van der Waals surface area contributed by atoms with Crippen molar-refractivity contribution in [2.75, 3.05) is 51.8 Å². The van der Waals surface area contributed by atoms with Crippen LogP contribution in [0.5, 0.6) is 0 Å². The van der Waals surface area contributed by atoms with Crippen LogP contribution >= 0.6 is 11.6 Å². The lowest BCUT2D eigenvalue weighted by molar-refractivity contribution is 0.0380. The third-order valence-electron chi connectivity index (χ3n) is 4.41. The first-order valence-electron chi connectivity index (χ1n) is 7.41. The summed E-state index contributed by atoms with van der Waals surface area (Å²) in [6.45, 7) is 7.28. The zero-order chi connectivity index (χ0) is 12.7. The van der Waals surface area contributed by atoms with E-state index in [-0.39, 0.29) is 0 Å². The largest absolute Gasteiger partial charge is 0.379 e. The molecule has 0 aromatic carbocycles. The van der Waals surface area contributed by atoms with Gasteiger partial charge in [-0.05, 0) is 18.3 Å². The molecule has 4 heteroatoms. The highest BCUT2D eigenvalue weighted by Crippen LogP contribution is 2.36. The van der Waals surface area contributed by atoms with Crippen LogP contribution in [0.25, 0.3) is 0 Å². The van der Waals surface area contributed by atoms with Gasteiger partial charge in [0, 0.05) is 38.6 Å². The molecule has 1 saturated heterocycles. The van der Waals surface area contributed by atoms with Crippen LogP contribution < -0.4 is 5.32 Å². The van der Waals surface area contributed by atoms with Crippen molar-refractivity contribution in [1.82, 2.24) is 10.2 Å². The molecular weight excluding hydrogens is 248 g/mol. The third kappa shape index (κ3) is 4.37. The van der Waals surface area contributed by atoms with E-state index in [2.05, 4.69) is 10.2 Å². The Bertz CT molecular complexity index is 226. The SMILES string of the molecule is ClCC1(CNCCN2CCOCC2)CCCCC1. The minimum Gasteiger partial charge on any atom is -0.379 e. The highest BCUT2D eigenvalue weighted by molar-refractivity contribution is 6.18. The van der Waals surface area contributed by atoms with Gasteiger partial charge in [0.05, 0.1) is 13.2 Å². The van der Waals surface area contributed by atoms with Crippen LogP contribution in [0.15, 0.2) is 0 Å². The normalized spacial score (nSPS) is 25.2. The molecule has 106 valence electrons. The lowest BCUT2D eigenvalue weighted by Crippen LogP contribution is -2.43. The number of morpholine rings is 1. The van der Waals surface area contributed by atoms with Crippen LogP contribution in [0, 0.1) is 5.41 Å². The summed E-state index contributed by atoms with van der Waals surface area (Å²) in [6, 6.07) is 0. The number of alkyl halides is 1. The van der Waals surface area contributed by atoms with Crippen molar-refractivity contribution < 1.29 is 4.74 Å².